The van der Waals surface area contributed by atoms with Crippen LogP contribution in [0, 0.1) is 5.82 Å². The number of amides is 2. The van der Waals surface area contributed by atoms with Gasteiger partial charge in [0, 0.05) is 17.4 Å². The number of aromatic amines is 1. The first-order valence-electron chi connectivity index (χ1n) is 10.8. The van der Waals surface area contributed by atoms with E-state index in [9.17, 15) is 14.0 Å². The Morgan fingerprint density at radius 3 is 2.51 bits per heavy atom. The van der Waals surface area contributed by atoms with E-state index in [4.69, 9.17) is 14.2 Å². The second kappa shape index (κ2) is 10.2. The number of hydrogen-bond acceptors (Lipinski definition) is 7. The summed E-state index contributed by atoms with van der Waals surface area (Å²) in [5, 5.41) is 14.8. The number of carbonyl (C=O) groups is 2. The second-order valence-corrected chi connectivity index (χ2v) is 7.61. The molecule has 1 unspecified atom stereocenters. The molecule has 2 amide bonds. The first-order chi connectivity index (χ1) is 16.9. The van der Waals surface area contributed by atoms with Gasteiger partial charge >= 0.3 is 6.09 Å². The summed E-state index contributed by atoms with van der Waals surface area (Å²) < 4.78 is 30.4. The lowest BCUT2D eigenvalue weighted by Gasteiger charge is -2.30. The van der Waals surface area contributed by atoms with Crippen LogP contribution in [-0.4, -0.2) is 53.2 Å². The molecule has 4 rings (SSSR count). The zero-order valence-electron chi connectivity index (χ0n) is 19.4. The van der Waals surface area contributed by atoms with Gasteiger partial charge in [0.25, 0.3) is 5.91 Å². The molecule has 1 aliphatic rings. The number of rotatable bonds is 8. The Labute approximate surface area is 200 Å². The molecule has 0 saturated carbocycles. The lowest BCUT2D eigenvalue weighted by Crippen LogP contribution is -2.41. The summed E-state index contributed by atoms with van der Waals surface area (Å²) in [6.07, 6.45) is 0.713. The van der Waals surface area contributed by atoms with E-state index in [2.05, 4.69) is 20.6 Å². The number of cyclic esters (lactones) is 1. The Balaban J connectivity index is 1.58. The third-order valence-corrected chi connectivity index (χ3v) is 5.40. The van der Waals surface area contributed by atoms with Gasteiger partial charge in [-0.05, 0) is 42.3 Å². The van der Waals surface area contributed by atoms with Gasteiger partial charge in [-0.1, -0.05) is 19.1 Å². The number of ether oxygens (including phenoxy) is 3. The Morgan fingerprint density at radius 2 is 1.89 bits per heavy atom. The molecule has 2 N–H and O–H groups in total. The van der Waals surface area contributed by atoms with E-state index in [1.165, 1.54) is 37.6 Å². The first kappa shape index (κ1) is 23.7. The van der Waals surface area contributed by atoms with E-state index < -0.39 is 18.0 Å². The molecular formula is C24H24FN5O5. The Morgan fingerprint density at radius 1 is 1.14 bits per heavy atom. The van der Waals surface area contributed by atoms with E-state index in [-0.39, 0.29) is 24.0 Å². The summed E-state index contributed by atoms with van der Waals surface area (Å²) >= 11 is 0. The van der Waals surface area contributed by atoms with Gasteiger partial charge in [0.1, 0.15) is 17.5 Å². The average molecular weight is 481 g/mol. The molecule has 0 radical (unpaired) electrons. The van der Waals surface area contributed by atoms with E-state index in [1.54, 1.807) is 30.3 Å². The number of anilines is 1. The molecule has 1 aliphatic heterocycles. The van der Waals surface area contributed by atoms with Crippen molar-refractivity contribution in [1.82, 2.24) is 15.2 Å². The molecule has 2 aromatic carbocycles. The summed E-state index contributed by atoms with van der Waals surface area (Å²) in [7, 11) is 2.75. The smallest absolute Gasteiger partial charge is 0.431 e. The molecule has 182 valence electrons. The van der Waals surface area contributed by atoms with Crippen molar-refractivity contribution in [3.8, 4) is 11.5 Å². The van der Waals surface area contributed by atoms with Gasteiger partial charge in [-0.3, -0.25) is 9.89 Å². The van der Waals surface area contributed by atoms with Gasteiger partial charge in [0.05, 0.1) is 20.8 Å². The van der Waals surface area contributed by atoms with E-state index in [0.717, 1.165) is 5.56 Å². The van der Waals surface area contributed by atoms with Crippen LogP contribution in [0.5, 0.6) is 11.5 Å². The normalized spacial score (nSPS) is 15.3. The molecule has 35 heavy (non-hydrogen) atoms. The molecule has 11 heteroatoms. The van der Waals surface area contributed by atoms with Crippen molar-refractivity contribution in [3.63, 3.8) is 0 Å². The number of carbonyl (C=O) groups excluding carboxylic acids is 2. The second-order valence-electron chi connectivity index (χ2n) is 7.61. The molecule has 2 heterocycles. The minimum atomic E-state index is -0.636. The van der Waals surface area contributed by atoms with Crippen molar-refractivity contribution in [3.05, 3.63) is 71.3 Å². The van der Waals surface area contributed by atoms with E-state index in [1.807, 2.05) is 6.92 Å². The van der Waals surface area contributed by atoms with E-state index in [0.29, 0.717) is 29.1 Å². The lowest BCUT2D eigenvalue weighted by atomic mass is 10.0. The zero-order chi connectivity index (χ0) is 24.9. The van der Waals surface area contributed by atoms with Gasteiger partial charge in [-0.15, -0.1) is 0 Å². The number of halogens is 1. The van der Waals surface area contributed by atoms with Crippen molar-refractivity contribution in [2.45, 2.75) is 26.0 Å². The van der Waals surface area contributed by atoms with E-state index >= 15 is 0 Å². The highest BCUT2D eigenvalue weighted by Gasteiger charge is 2.33. The van der Waals surface area contributed by atoms with Crippen LogP contribution in [0.1, 0.15) is 35.0 Å². The van der Waals surface area contributed by atoms with Gasteiger partial charge in [0.15, 0.2) is 17.3 Å². The van der Waals surface area contributed by atoms with Crippen LogP contribution in [0.15, 0.2) is 53.8 Å². The fourth-order valence-corrected chi connectivity index (χ4v) is 3.66. The highest BCUT2D eigenvalue weighted by molar-refractivity contribution is 6.08. The molecular weight excluding hydrogens is 457 g/mol. The summed E-state index contributed by atoms with van der Waals surface area (Å²) in [5.41, 5.74) is 2.55. The number of nitrogens with one attached hydrogen (secondary N) is 2. The maximum Gasteiger partial charge on any atom is 0.431 e. The molecule has 3 aromatic rings. The van der Waals surface area contributed by atoms with Crippen LogP contribution in [0.25, 0.3) is 0 Å². The number of H-pyrrole nitrogens is 1. The molecule has 0 saturated heterocycles. The van der Waals surface area contributed by atoms with Crippen molar-refractivity contribution in [2.75, 3.05) is 19.5 Å². The molecule has 1 atom stereocenters. The fraction of sp³-hybridized carbons (Fsp3) is 0.250. The fourth-order valence-electron chi connectivity index (χ4n) is 3.66. The maximum atomic E-state index is 14.2. The highest BCUT2D eigenvalue weighted by Crippen LogP contribution is 2.36. The van der Waals surface area contributed by atoms with Crippen molar-refractivity contribution in [1.29, 1.82) is 0 Å². The molecule has 10 nitrogen and oxygen atoms in total. The van der Waals surface area contributed by atoms with Gasteiger partial charge in [-0.2, -0.15) is 15.2 Å². The Hall–Kier alpha value is -4.41. The monoisotopic (exact) mass is 481 g/mol. The summed E-state index contributed by atoms with van der Waals surface area (Å²) in [4.78, 5) is 24.8. The van der Waals surface area contributed by atoms with Crippen LogP contribution >= 0.6 is 0 Å². The zero-order valence-corrected chi connectivity index (χ0v) is 19.4. The highest BCUT2D eigenvalue weighted by atomic mass is 19.1. The van der Waals surface area contributed by atoms with Crippen LogP contribution in [0.3, 0.4) is 0 Å². The van der Waals surface area contributed by atoms with Crippen LogP contribution in [0.4, 0.5) is 14.9 Å². The van der Waals surface area contributed by atoms with Crippen LogP contribution < -0.4 is 14.8 Å². The Bertz CT molecular complexity index is 1240. The summed E-state index contributed by atoms with van der Waals surface area (Å²) in [5.74, 6) is -0.789. The number of hydrogen-bond donors (Lipinski definition) is 2. The lowest BCUT2D eigenvalue weighted by molar-refractivity contribution is 0.0711. The van der Waals surface area contributed by atoms with Gasteiger partial charge in [-0.25, -0.2) is 9.18 Å². The molecule has 1 aromatic heterocycles. The maximum absolute atomic E-state index is 14.2. The van der Waals surface area contributed by atoms with Crippen LogP contribution in [-0.2, 0) is 11.3 Å². The van der Waals surface area contributed by atoms with Gasteiger partial charge in [0.2, 0.25) is 0 Å². The minimum Gasteiger partial charge on any atom is -0.492 e. The quantitative estimate of drug-likeness (QED) is 0.503. The van der Waals surface area contributed by atoms with Crippen molar-refractivity contribution < 1.29 is 28.2 Å². The number of aromatic nitrogens is 2. The number of nitrogens with zero attached hydrogens (tertiary/aromatic N) is 3. The average Bonchev–Trinajstić information content (AvgIpc) is 3.41. The topological polar surface area (TPSA) is 118 Å². The predicted molar refractivity (Wildman–Crippen MR) is 125 cm³/mol. The summed E-state index contributed by atoms with van der Waals surface area (Å²) in [6, 6.07) is 11.3. The number of hydrazone groups is 1. The standard InChI is InChI=1S/C24H24FN5O5/c1-4-19-20(16-9-10-17(25)22(34-3)21(16)33-2)29-30(24(32)35-19)13-14-5-7-15(8-6-14)27-23(31)18-11-12-26-28-18/h5-12,19H,4,13H2,1-3H3,(H,26,28)(H,27,31). The molecule has 0 fully saturated rings. The molecule has 0 aliphatic carbocycles. The summed E-state index contributed by atoms with van der Waals surface area (Å²) in [6.45, 7) is 1.97. The largest absolute Gasteiger partial charge is 0.492 e. The van der Waals surface area contributed by atoms with Crippen LogP contribution in [0.2, 0.25) is 0 Å². The third-order valence-electron chi connectivity index (χ3n) is 5.40. The number of methoxy groups -OCH3 is 2. The van der Waals surface area contributed by atoms with Gasteiger partial charge < -0.3 is 19.5 Å². The predicted octanol–water partition coefficient (Wildman–Crippen LogP) is 3.95. The van der Waals surface area contributed by atoms with Crippen molar-refractivity contribution in [2.24, 2.45) is 5.10 Å². The number of benzene rings is 2. The SMILES string of the molecule is CCC1OC(=O)N(Cc2ccc(NC(=O)c3ccn[nH]3)cc2)N=C1c1ccc(F)c(OC)c1OC. The molecule has 0 spiro atoms. The third kappa shape index (κ3) is 4.93. The first-order valence-corrected chi connectivity index (χ1v) is 10.8. The Kier molecular flexibility index (Phi) is 6.95. The van der Waals surface area contributed by atoms with Crippen molar-refractivity contribution >= 4 is 23.4 Å². The molecule has 0 bridgehead atoms. The minimum absolute atomic E-state index is 0.0567.